The van der Waals surface area contributed by atoms with E-state index in [0.29, 0.717) is 18.7 Å². The zero-order chi connectivity index (χ0) is 14.0. The molecule has 2 rings (SSSR count). The average Bonchev–Trinajstić information content (AvgIpc) is 2.60. The van der Waals surface area contributed by atoms with E-state index in [2.05, 4.69) is 0 Å². The first-order valence-electron chi connectivity index (χ1n) is 6.52. The summed E-state index contributed by atoms with van der Waals surface area (Å²) >= 11 is 0. The topological polar surface area (TPSA) is 46.6 Å². The van der Waals surface area contributed by atoms with Crippen LogP contribution in [0.1, 0.15) is 34.3 Å². The van der Waals surface area contributed by atoms with Gasteiger partial charge in [0.1, 0.15) is 0 Å². The number of Topliss-reactive ketones (excluding diaryl/α,β-unsaturated/α-hetero) is 1. The van der Waals surface area contributed by atoms with Gasteiger partial charge in [-0.3, -0.25) is 9.59 Å². The first kappa shape index (κ1) is 13.7. The van der Waals surface area contributed by atoms with Gasteiger partial charge in [0.15, 0.2) is 0 Å². The number of anilines is 1. The van der Waals surface area contributed by atoms with Crippen LogP contribution in [0.2, 0.25) is 0 Å². The molecule has 1 aliphatic heterocycles. The number of ketones is 1. The Morgan fingerprint density at radius 1 is 1.16 bits per heavy atom. The Labute approximate surface area is 113 Å². The van der Waals surface area contributed by atoms with Gasteiger partial charge in [0.05, 0.1) is 11.3 Å². The largest absolute Gasteiger partial charge is 0.385 e. The number of unbranched alkanes of at least 4 members (excludes halogenated alkanes) is 1. The highest BCUT2D eigenvalue weighted by Gasteiger charge is 2.36. The number of carbonyl (C=O) groups is 2. The van der Waals surface area contributed by atoms with Crippen LogP contribution in [0.25, 0.3) is 0 Å². The van der Waals surface area contributed by atoms with Crippen LogP contribution in [0, 0.1) is 13.8 Å². The third-order valence-electron chi connectivity index (χ3n) is 3.38. The number of fused-ring (bicyclic) bond motifs is 1. The predicted molar refractivity (Wildman–Crippen MR) is 73.7 cm³/mol. The highest BCUT2D eigenvalue weighted by Crippen LogP contribution is 2.33. The number of hydrogen-bond acceptors (Lipinski definition) is 3. The minimum absolute atomic E-state index is 0.381. The second kappa shape index (κ2) is 5.53. The molecule has 4 heteroatoms. The summed E-state index contributed by atoms with van der Waals surface area (Å²) in [7, 11) is 1.66. The summed E-state index contributed by atoms with van der Waals surface area (Å²) in [6, 6.07) is 3.81. The maximum absolute atomic E-state index is 12.0. The Kier molecular flexibility index (Phi) is 4.00. The van der Waals surface area contributed by atoms with Crippen molar-refractivity contribution in [3.63, 3.8) is 0 Å². The van der Waals surface area contributed by atoms with Gasteiger partial charge < -0.3 is 9.64 Å². The monoisotopic (exact) mass is 261 g/mol. The number of hydrogen-bond donors (Lipinski definition) is 0. The first-order valence-corrected chi connectivity index (χ1v) is 6.52. The van der Waals surface area contributed by atoms with Crippen LogP contribution in [0.5, 0.6) is 0 Å². The molecule has 0 aliphatic carbocycles. The molecule has 1 aliphatic rings. The molecule has 4 nitrogen and oxygen atoms in total. The summed E-state index contributed by atoms with van der Waals surface area (Å²) in [4.78, 5) is 25.6. The van der Waals surface area contributed by atoms with Crippen molar-refractivity contribution in [2.75, 3.05) is 25.2 Å². The van der Waals surface area contributed by atoms with Gasteiger partial charge in [-0.1, -0.05) is 6.07 Å². The Morgan fingerprint density at radius 3 is 2.58 bits per heavy atom. The summed E-state index contributed by atoms with van der Waals surface area (Å²) < 4.78 is 4.99. The molecule has 1 aromatic rings. The molecule has 0 saturated heterocycles. The molecule has 0 N–H and O–H groups in total. The fourth-order valence-electron chi connectivity index (χ4n) is 2.56. The number of methoxy groups -OCH3 is 1. The maximum Gasteiger partial charge on any atom is 0.299 e. The van der Waals surface area contributed by atoms with Gasteiger partial charge in [-0.15, -0.1) is 0 Å². The lowest BCUT2D eigenvalue weighted by Crippen LogP contribution is -2.31. The average molecular weight is 261 g/mol. The molecular formula is C15H19NO3. The molecule has 0 fully saturated rings. The highest BCUT2D eigenvalue weighted by molar-refractivity contribution is 6.52. The lowest BCUT2D eigenvalue weighted by Gasteiger charge is -2.18. The number of nitrogens with zero attached hydrogens (tertiary/aromatic N) is 1. The second-order valence-corrected chi connectivity index (χ2v) is 4.96. The van der Waals surface area contributed by atoms with Crippen LogP contribution in [0.3, 0.4) is 0 Å². The van der Waals surface area contributed by atoms with Crippen LogP contribution in [0.15, 0.2) is 12.1 Å². The lowest BCUT2D eigenvalue weighted by atomic mass is 10.0. The molecule has 102 valence electrons. The molecule has 0 radical (unpaired) electrons. The molecule has 0 spiro atoms. The van der Waals surface area contributed by atoms with Crippen molar-refractivity contribution in [2.45, 2.75) is 26.7 Å². The van der Waals surface area contributed by atoms with Crippen molar-refractivity contribution in [3.05, 3.63) is 28.8 Å². The number of benzene rings is 1. The lowest BCUT2D eigenvalue weighted by molar-refractivity contribution is -0.114. The molecule has 1 heterocycles. The van der Waals surface area contributed by atoms with Crippen molar-refractivity contribution in [1.82, 2.24) is 0 Å². The van der Waals surface area contributed by atoms with Crippen LogP contribution in [0.4, 0.5) is 5.69 Å². The van der Waals surface area contributed by atoms with E-state index < -0.39 is 5.91 Å². The molecule has 0 bridgehead atoms. The fourth-order valence-corrected chi connectivity index (χ4v) is 2.56. The summed E-state index contributed by atoms with van der Waals surface area (Å²) in [6.45, 7) is 5.13. The van der Waals surface area contributed by atoms with E-state index in [0.717, 1.165) is 29.7 Å². The van der Waals surface area contributed by atoms with Crippen molar-refractivity contribution >= 4 is 17.4 Å². The number of aryl methyl sites for hydroxylation is 2. The molecule has 1 aromatic carbocycles. The molecule has 0 saturated carbocycles. The van der Waals surface area contributed by atoms with Crippen LogP contribution in [-0.4, -0.2) is 32.0 Å². The number of carbonyl (C=O) groups excluding carboxylic acids is 2. The summed E-state index contributed by atoms with van der Waals surface area (Å²) in [5.41, 5.74) is 3.34. The number of ether oxygens (including phenoxy) is 1. The van der Waals surface area contributed by atoms with Gasteiger partial charge in [0, 0.05) is 20.3 Å². The smallest absolute Gasteiger partial charge is 0.299 e. The second-order valence-electron chi connectivity index (χ2n) is 4.96. The van der Waals surface area contributed by atoms with Gasteiger partial charge in [-0.05, 0) is 43.9 Å². The quantitative estimate of drug-likeness (QED) is 0.603. The zero-order valence-corrected chi connectivity index (χ0v) is 11.7. The van der Waals surface area contributed by atoms with Gasteiger partial charge >= 0.3 is 0 Å². The van der Waals surface area contributed by atoms with Gasteiger partial charge in [0.25, 0.3) is 11.7 Å². The summed E-state index contributed by atoms with van der Waals surface area (Å²) in [6.07, 6.45) is 1.72. The zero-order valence-electron chi connectivity index (χ0n) is 11.7. The number of amides is 1. The van der Waals surface area contributed by atoms with E-state index in [-0.39, 0.29) is 5.78 Å². The Hall–Kier alpha value is -1.68. The van der Waals surface area contributed by atoms with E-state index in [1.165, 1.54) is 0 Å². The molecule has 0 unspecified atom stereocenters. The molecule has 19 heavy (non-hydrogen) atoms. The predicted octanol–water partition coefficient (Wildman–Crippen LogP) is 2.26. The Bertz CT molecular complexity index is 522. The van der Waals surface area contributed by atoms with Crippen LogP contribution < -0.4 is 4.90 Å². The van der Waals surface area contributed by atoms with E-state index in [9.17, 15) is 9.59 Å². The molecule has 0 aromatic heterocycles. The van der Waals surface area contributed by atoms with E-state index >= 15 is 0 Å². The minimum atomic E-state index is -0.402. The van der Waals surface area contributed by atoms with E-state index in [1.807, 2.05) is 19.9 Å². The SMILES string of the molecule is COCCCCN1C(=O)C(=O)c2cc(C)cc(C)c21. The third-order valence-corrected chi connectivity index (χ3v) is 3.38. The molecule has 1 amide bonds. The number of rotatable bonds is 5. The summed E-state index contributed by atoms with van der Waals surface area (Å²) in [5.74, 6) is -0.783. The normalized spacial score (nSPS) is 14.2. The first-order chi connectivity index (χ1) is 9.06. The van der Waals surface area contributed by atoms with Crippen molar-refractivity contribution in [3.8, 4) is 0 Å². The van der Waals surface area contributed by atoms with Crippen molar-refractivity contribution < 1.29 is 14.3 Å². The molecule has 0 atom stereocenters. The van der Waals surface area contributed by atoms with Crippen LogP contribution >= 0.6 is 0 Å². The Balaban J connectivity index is 2.23. The standard InChI is InChI=1S/C15H19NO3/c1-10-8-11(2)13-12(9-10)14(17)15(18)16(13)6-4-5-7-19-3/h8-9H,4-7H2,1-3H3. The van der Waals surface area contributed by atoms with Gasteiger partial charge in [0.2, 0.25) is 0 Å². The van der Waals surface area contributed by atoms with Gasteiger partial charge in [-0.25, -0.2) is 0 Å². The highest BCUT2D eigenvalue weighted by atomic mass is 16.5. The summed E-state index contributed by atoms with van der Waals surface area (Å²) in [5, 5.41) is 0. The van der Waals surface area contributed by atoms with Crippen molar-refractivity contribution in [2.24, 2.45) is 0 Å². The Morgan fingerprint density at radius 2 is 1.89 bits per heavy atom. The van der Waals surface area contributed by atoms with Crippen molar-refractivity contribution in [1.29, 1.82) is 0 Å². The van der Waals surface area contributed by atoms with E-state index in [4.69, 9.17) is 4.74 Å². The molecular weight excluding hydrogens is 242 g/mol. The maximum atomic E-state index is 12.0. The minimum Gasteiger partial charge on any atom is -0.385 e. The third kappa shape index (κ3) is 2.54. The fraction of sp³-hybridized carbons (Fsp3) is 0.467. The van der Waals surface area contributed by atoms with E-state index in [1.54, 1.807) is 18.1 Å². The van der Waals surface area contributed by atoms with Gasteiger partial charge in [-0.2, -0.15) is 0 Å². The van der Waals surface area contributed by atoms with Crippen LogP contribution in [-0.2, 0) is 9.53 Å².